The monoisotopic (exact) mass is 459 g/mol. The zero-order valence-corrected chi connectivity index (χ0v) is 20.2. The van der Waals surface area contributed by atoms with E-state index in [1.165, 1.54) is 10.9 Å². The number of aromatic nitrogens is 2. The largest absolute Gasteiger partial charge is 0.368 e. The van der Waals surface area contributed by atoms with Gasteiger partial charge in [-0.1, -0.05) is 12.1 Å². The Morgan fingerprint density at radius 2 is 1.65 bits per heavy atom. The van der Waals surface area contributed by atoms with Crippen molar-refractivity contribution in [2.45, 2.75) is 44.2 Å². The summed E-state index contributed by atoms with van der Waals surface area (Å²) in [6.45, 7) is 7.40. The number of piperazine rings is 1. The van der Waals surface area contributed by atoms with Gasteiger partial charge in [-0.15, -0.1) is 0 Å². The van der Waals surface area contributed by atoms with E-state index in [1.807, 2.05) is 31.3 Å². The van der Waals surface area contributed by atoms with Gasteiger partial charge >= 0.3 is 0 Å². The van der Waals surface area contributed by atoms with Gasteiger partial charge in [0.1, 0.15) is 29.5 Å². The minimum Gasteiger partial charge on any atom is -0.368 e. The van der Waals surface area contributed by atoms with E-state index >= 15 is 0 Å². The van der Waals surface area contributed by atoms with E-state index in [0.717, 1.165) is 61.7 Å². The van der Waals surface area contributed by atoms with Crippen molar-refractivity contribution in [1.82, 2.24) is 14.9 Å². The van der Waals surface area contributed by atoms with Crippen LogP contribution in [0.3, 0.4) is 0 Å². The summed E-state index contributed by atoms with van der Waals surface area (Å²) in [6, 6.07) is 13.3. The molecule has 0 radical (unpaired) electrons. The second-order valence-electron chi connectivity index (χ2n) is 9.91. The number of hydrogen-bond acceptors (Lipinski definition) is 6. The standard InChI is InChI=1S/C27H33N5O2/c1-19-14-25(29-26-24(19)8-9-32(26)23-15-21(16-23)28-3)31-12-10-30(11-13-31)22-6-4-20(5-7-22)27(2,17-33)18-34/h4-9,14,17-18,21,23,28H,10-13,15-16H2,1-3H3/t21-,23+. The molecule has 2 aliphatic rings. The molecule has 1 N–H and O–H groups in total. The zero-order valence-electron chi connectivity index (χ0n) is 20.2. The summed E-state index contributed by atoms with van der Waals surface area (Å²) in [7, 11) is 2.04. The Kier molecular flexibility index (Phi) is 5.90. The lowest BCUT2D eigenvalue weighted by Gasteiger charge is -2.38. The number of carbonyl (C=O) groups is 2. The molecule has 178 valence electrons. The van der Waals surface area contributed by atoms with E-state index in [1.54, 1.807) is 6.92 Å². The molecule has 2 aromatic heterocycles. The number of aryl methyl sites for hydroxylation is 1. The molecule has 0 atom stereocenters. The second-order valence-corrected chi connectivity index (χ2v) is 9.91. The van der Waals surface area contributed by atoms with Crippen molar-refractivity contribution >= 4 is 35.1 Å². The van der Waals surface area contributed by atoms with E-state index in [-0.39, 0.29) is 0 Å². The highest BCUT2D eigenvalue weighted by atomic mass is 16.1. The van der Waals surface area contributed by atoms with Crippen molar-refractivity contribution in [1.29, 1.82) is 0 Å². The lowest BCUT2D eigenvalue weighted by atomic mass is 9.85. The fourth-order valence-electron chi connectivity index (χ4n) is 5.17. The summed E-state index contributed by atoms with van der Waals surface area (Å²) in [4.78, 5) is 32.5. The highest BCUT2D eigenvalue weighted by molar-refractivity contribution is 5.91. The molecule has 2 fully saturated rings. The molecule has 1 saturated heterocycles. The molecule has 7 heteroatoms. The van der Waals surface area contributed by atoms with Gasteiger partial charge in [0.15, 0.2) is 0 Å². The SMILES string of the molecule is CN[C@H]1C[C@@H](n2ccc3c(C)cc(N4CCN(c5ccc(C(C)(C=O)C=O)cc5)CC4)nc32)C1. The average Bonchev–Trinajstić information content (AvgIpc) is 3.27. The summed E-state index contributed by atoms with van der Waals surface area (Å²) in [5, 5.41) is 4.62. The Hall–Kier alpha value is -3.19. The first-order valence-electron chi connectivity index (χ1n) is 12.1. The number of carbonyl (C=O) groups excluding carboxylic acids is 2. The van der Waals surface area contributed by atoms with Crippen LogP contribution in [0.15, 0.2) is 42.6 Å². The second kappa shape index (κ2) is 8.87. The Morgan fingerprint density at radius 1 is 1.00 bits per heavy atom. The van der Waals surface area contributed by atoms with Gasteiger partial charge in [0.2, 0.25) is 0 Å². The van der Waals surface area contributed by atoms with E-state index in [2.05, 4.69) is 44.9 Å². The van der Waals surface area contributed by atoms with Crippen molar-refractivity contribution in [2.24, 2.45) is 0 Å². The maximum Gasteiger partial charge on any atom is 0.142 e. The van der Waals surface area contributed by atoms with Crippen molar-refractivity contribution in [3.63, 3.8) is 0 Å². The molecule has 3 aromatic rings. The first-order chi connectivity index (χ1) is 16.5. The molecule has 5 rings (SSSR count). The van der Waals surface area contributed by atoms with Crippen LogP contribution < -0.4 is 15.1 Å². The summed E-state index contributed by atoms with van der Waals surface area (Å²) >= 11 is 0. The number of nitrogens with zero attached hydrogens (tertiary/aromatic N) is 4. The minimum atomic E-state index is -1.08. The molecular weight excluding hydrogens is 426 g/mol. The van der Waals surface area contributed by atoms with Crippen LogP contribution in [0.5, 0.6) is 0 Å². The molecule has 0 spiro atoms. The zero-order chi connectivity index (χ0) is 23.9. The lowest BCUT2D eigenvalue weighted by molar-refractivity contribution is -0.120. The average molecular weight is 460 g/mol. The van der Waals surface area contributed by atoms with Crippen molar-refractivity contribution < 1.29 is 9.59 Å². The Balaban J connectivity index is 1.29. The third-order valence-electron chi connectivity index (χ3n) is 7.74. The van der Waals surface area contributed by atoms with Gasteiger partial charge in [0.05, 0.1) is 0 Å². The van der Waals surface area contributed by atoms with Crippen LogP contribution in [0, 0.1) is 6.92 Å². The highest BCUT2D eigenvalue weighted by Gasteiger charge is 2.30. The van der Waals surface area contributed by atoms with Crippen LogP contribution in [-0.2, 0) is 15.0 Å². The van der Waals surface area contributed by atoms with Crippen molar-refractivity contribution in [3.8, 4) is 0 Å². The van der Waals surface area contributed by atoms with Crippen LogP contribution in [0.25, 0.3) is 11.0 Å². The van der Waals surface area contributed by atoms with E-state index < -0.39 is 5.41 Å². The number of aldehydes is 2. The molecular formula is C27H33N5O2. The Labute approximate surface area is 200 Å². The minimum absolute atomic E-state index is 0.525. The molecule has 7 nitrogen and oxygen atoms in total. The smallest absolute Gasteiger partial charge is 0.142 e. The number of nitrogens with one attached hydrogen (secondary N) is 1. The maximum absolute atomic E-state index is 11.4. The molecule has 1 aliphatic carbocycles. The topological polar surface area (TPSA) is 70.5 Å². The number of hydrogen-bond donors (Lipinski definition) is 1. The van der Waals surface area contributed by atoms with E-state index in [4.69, 9.17) is 4.98 Å². The fraction of sp³-hybridized carbons (Fsp3) is 0.444. The van der Waals surface area contributed by atoms with Gasteiger partial charge in [-0.25, -0.2) is 4.98 Å². The highest BCUT2D eigenvalue weighted by Crippen LogP contribution is 2.36. The Morgan fingerprint density at radius 3 is 2.26 bits per heavy atom. The number of anilines is 2. The van der Waals surface area contributed by atoms with Crippen LogP contribution in [0.1, 0.15) is 36.9 Å². The Bertz CT molecular complexity index is 1180. The van der Waals surface area contributed by atoms with E-state index in [0.29, 0.717) is 24.7 Å². The molecule has 0 bridgehead atoms. The van der Waals surface area contributed by atoms with Crippen LogP contribution in [-0.4, -0.2) is 61.4 Å². The third-order valence-corrected chi connectivity index (χ3v) is 7.74. The molecule has 1 aliphatic heterocycles. The van der Waals surface area contributed by atoms with Crippen LogP contribution in [0.2, 0.25) is 0 Å². The summed E-state index contributed by atoms with van der Waals surface area (Å²) in [5.41, 5.74) is 3.13. The number of benzene rings is 1. The number of rotatable bonds is 7. The quantitative estimate of drug-likeness (QED) is 0.432. The summed E-state index contributed by atoms with van der Waals surface area (Å²) in [5.74, 6) is 1.05. The summed E-state index contributed by atoms with van der Waals surface area (Å²) < 4.78 is 2.36. The molecule has 34 heavy (non-hydrogen) atoms. The predicted molar refractivity (Wildman–Crippen MR) is 136 cm³/mol. The van der Waals surface area contributed by atoms with Gasteiger partial charge in [-0.3, -0.25) is 0 Å². The van der Waals surface area contributed by atoms with Gasteiger partial charge < -0.3 is 29.3 Å². The van der Waals surface area contributed by atoms with Crippen molar-refractivity contribution in [2.75, 3.05) is 43.0 Å². The van der Waals surface area contributed by atoms with Gasteiger partial charge in [-0.2, -0.15) is 0 Å². The van der Waals surface area contributed by atoms with Gasteiger partial charge in [0.25, 0.3) is 0 Å². The predicted octanol–water partition coefficient (Wildman–Crippen LogP) is 3.25. The first kappa shape index (κ1) is 22.6. The van der Waals surface area contributed by atoms with Crippen molar-refractivity contribution in [3.05, 3.63) is 53.7 Å². The van der Waals surface area contributed by atoms with E-state index in [9.17, 15) is 9.59 Å². The third kappa shape index (κ3) is 3.88. The van der Waals surface area contributed by atoms with Gasteiger partial charge in [0, 0.05) is 55.5 Å². The van der Waals surface area contributed by atoms with Crippen LogP contribution >= 0.6 is 0 Å². The molecule has 0 amide bonds. The number of fused-ring (bicyclic) bond motifs is 1. The summed E-state index contributed by atoms with van der Waals surface area (Å²) in [6.07, 6.45) is 5.93. The fourth-order valence-corrected chi connectivity index (χ4v) is 5.17. The number of pyridine rings is 1. The molecule has 1 saturated carbocycles. The molecule has 1 aromatic carbocycles. The first-order valence-corrected chi connectivity index (χ1v) is 12.1. The molecule has 0 unspecified atom stereocenters. The molecule has 3 heterocycles. The van der Waals surface area contributed by atoms with Crippen LogP contribution in [0.4, 0.5) is 11.5 Å². The maximum atomic E-state index is 11.4. The van der Waals surface area contributed by atoms with Gasteiger partial charge in [-0.05, 0) is 69.1 Å². The normalized spacial score (nSPS) is 20.9. The lowest BCUT2D eigenvalue weighted by Crippen LogP contribution is -2.47.